The van der Waals surface area contributed by atoms with Gasteiger partial charge in [0.15, 0.2) is 0 Å². The van der Waals surface area contributed by atoms with E-state index in [-0.39, 0.29) is 0 Å². The molecule has 11 heavy (non-hydrogen) atoms. The molecule has 0 heterocycles. The van der Waals surface area contributed by atoms with Gasteiger partial charge in [0.1, 0.15) is 6.10 Å². The number of aliphatic hydroxyl groups is 1. The molecule has 0 rings (SSSR count). The molecule has 0 saturated heterocycles. The van der Waals surface area contributed by atoms with Gasteiger partial charge in [-0.2, -0.15) is 0 Å². The summed E-state index contributed by atoms with van der Waals surface area (Å²) in [7, 11) is 0. The topological polar surface area (TPSA) is 58.6 Å². The van der Waals surface area contributed by atoms with Crippen LogP contribution in [0.5, 0.6) is 0 Å². The lowest BCUT2D eigenvalue weighted by Crippen LogP contribution is -2.32. The first-order valence-electron chi connectivity index (χ1n) is 3.70. The second kappa shape index (κ2) is 4.96. The summed E-state index contributed by atoms with van der Waals surface area (Å²) in [6, 6.07) is 0. The van der Waals surface area contributed by atoms with E-state index in [0.29, 0.717) is 6.54 Å². The number of nitrogens with one attached hydrogen (secondary N) is 1. The van der Waals surface area contributed by atoms with Crippen LogP contribution < -0.4 is 5.32 Å². The fraction of sp³-hybridized carbons (Fsp3) is 0.857. The van der Waals surface area contributed by atoms with Gasteiger partial charge in [0.2, 0.25) is 0 Å². The summed E-state index contributed by atoms with van der Waals surface area (Å²) in [4.78, 5) is 10.7. The zero-order valence-electron chi connectivity index (χ0n) is 7.13. The van der Waals surface area contributed by atoms with E-state index in [2.05, 4.69) is 5.32 Å². The standard InChI is InChI=1S/C7H15NO3/c1-4-8-7(10)11-6(3)5(2)9/h5-6,9H,4H2,1-3H3,(H,8,10)/t5-,6-/m0/s1. The Hall–Kier alpha value is -0.770. The maximum absolute atomic E-state index is 10.7. The SMILES string of the molecule is CCNC(=O)O[C@@H](C)[C@H](C)O. The smallest absolute Gasteiger partial charge is 0.407 e. The lowest BCUT2D eigenvalue weighted by molar-refractivity contribution is 0.0227. The summed E-state index contributed by atoms with van der Waals surface area (Å²) in [5, 5.41) is 11.4. The molecule has 0 aromatic heterocycles. The maximum atomic E-state index is 10.7. The van der Waals surface area contributed by atoms with E-state index in [4.69, 9.17) is 9.84 Å². The zero-order valence-corrected chi connectivity index (χ0v) is 7.13. The lowest BCUT2D eigenvalue weighted by atomic mass is 10.3. The highest BCUT2D eigenvalue weighted by Crippen LogP contribution is 1.96. The number of ether oxygens (including phenoxy) is 1. The van der Waals surface area contributed by atoms with Crippen molar-refractivity contribution in [2.45, 2.75) is 33.0 Å². The average Bonchev–Trinajstić information content (AvgIpc) is 1.87. The van der Waals surface area contributed by atoms with Gasteiger partial charge in [0.05, 0.1) is 6.10 Å². The molecule has 0 spiro atoms. The van der Waals surface area contributed by atoms with Gasteiger partial charge in [-0.25, -0.2) is 4.79 Å². The van der Waals surface area contributed by atoms with Crippen molar-refractivity contribution in [3.8, 4) is 0 Å². The molecule has 66 valence electrons. The Balaban J connectivity index is 3.57. The molecule has 0 saturated carbocycles. The van der Waals surface area contributed by atoms with Crippen molar-refractivity contribution in [2.75, 3.05) is 6.54 Å². The minimum Gasteiger partial charge on any atom is -0.444 e. The van der Waals surface area contributed by atoms with Crippen LogP contribution in [0.3, 0.4) is 0 Å². The normalized spacial score (nSPS) is 15.3. The number of carbonyl (C=O) groups is 1. The zero-order chi connectivity index (χ0) is 8.85. The van der Waals surface area contributed by atoms with Gasteiger partial charge in [-0.3, -0.25) is 0 Å². The second-order valence-electron chi connectivity index (χ2n) is 2.38. The Morgan fingerprint density at radius 3 is 2.55 bits per heavy atom. The Labute approximate surface area is 66.5 Å². The Bertz CT molecular complexity index is 125. The summed E-state index contributed by atoms with van der Waals surface area (Å²) < 4.78 is 4.75. The largest absolute Gasteiger partial charge is 0.444 e. The predicted molar refractivity (Wildman–Crippen MR) is 41.3 cm³/mol. The van der Waals surface area contributed by atoms with Crippen molar-refractivity contribution in [1.82, 2.24) is 5.32 Å². The van der Waals surface area contributed by atoms with E-state index in [1.807, 2.05) is 0 Å². The van der Waals surface area contributed by atoms with Crippen LogP contribution in [0.2, 0.25) is 0 Å². The summed E-state index contributed by atoms with van der Waals surface area (Å²) in [5.41, 5.74) is 0. The number of rotatable bonds is 3. The monoisotopic (exact) mass is 161 g/mol. The molecule has 4 heteroatoms. The number of carbonyl (C=O) groups excluding carboxylic acids is 1. The van der Waals surface area contributed by atoms with E-state index < -0.39 is 18.3 Å². The van der Waals surface area contributed by atoms with E-state index >= 15 is 0 Å². The first-order chi connectivity index (χ1) is 5.07. The fourth-order valence-electron chi connectivity index (χ4n) is 0.453. The van der Waals surface area contributed by atoms with Crippen LogP contribution in [0.25, 0.3) is 0 Å². The lowest BCUT2D eigenvalue weighted by Gasteiger charge is -2.15. The van der Waals surface area contributed by atoms with Gasteiger partial charge in [-0.05, 0) is 20.8 Å². The summed E-state index contributed by atoms with van der Waals surface area (Å²) in [5.74, 6) is 0. The number of amides is 1. The van der Waals surface area contributed by atoms with Crippen LogP contribution in [-0.4, -0.2) is 30.0 Å². The molecule has 0 aliphatic rings. The Morgan fingerprint density at radius 2 is 2.18 bits per heavy atom. The van der Waals surface area contributed by atoms with Crippen molar-refractivity contribution in [3.05, 3.63) is 0 Å². The van der Waals surface area contributed by atoms with Crippen LogP contribution in [0.15, 0.2) is 0 Å². The number of alkyl carbamates (subject to hydrolysis) is 1. The predicted octanol–water partition coefficient (Wildman–Crippen LogP) is 0.502. The number of aliphatic hydroxyl groups excluding tert-OH is 1. The molecular weight excluding hydrogens is 146 g/mol. The fourth-order valence-corrected chi connectivity index (χ4v) is 0.453. The Kier molecular flexibility index (Phi) is 4.61. The first kappa shape index (κ1) is 10.2. The minimum atomic E-state index is -0.627. The molecule has 2 atom stereocenters. The highest BCUT2D eigenvalue weighted by atomic mass is 16.6. The second-order valence-corrected chi connectivity index (χ2v) is 2.38. The highest BCUT2D eigenvalue weighted by molar-refractivity contribution is 5.67. The molecular formula is C7H15NO3. The highest BCUT2D eigenvalue weighted by Gasteiger charge is 2.12. The molecule has 0 aromatic rings. The summed E-state index contributed by atoms with van der Waals surface area (Å²) in [6.07, 6.45) is -1.57. The molecule has 4 nitrogen and oxygen atoms in total. The average molecular weight is 161 g/mol. The van der Waals surface area contributed by atoms with Gasteiger partial charge < -0.3 is 15.2 Å². The van der Waals surface area contributed by atoms with Crippen molar-refractivity contribution in [2.24, 2.45) is 0 Å². The summed E-state index contributed by atoms with van der Waals surface area (Å²) >= 11 is 0. The van der Waals surface area contributed by atoms with Crippen LogP contribution >= 0.6 is 0 Å². The van der Waals surface area contributed by atoms with Crippen molar-refractivity contribution < 1.29 is 14.6 Å². The van der Waals surface area contributed by atoms with E-state index in [9.17, 15) is 4.79 Å². The van der Waals surface area contributed by atoms with E-state index in [1.165, 1.54) is 0 Å². The number of hydrogen-bond donors (Lipinski definition) is 2. The van der Waals surface area contributed by atoms with Crippen LogP contribution in [-0.2, 0) is 4.74 Å². The molecule has 0 aliphatic carbocycles. The minimum absolute atomic E-state index is 0.457. The quantitative estimate of drug-likeness (QED) is 0.633. The molecule has 2 N–H and O–H groups in total. The van der Waals surface area contributed by atoms with Crippen LogP contribution in [0, 0.1) is 0 Å². The third kappa shape index (κ3) is 4.61. The van der Waals surface area contributed by atoms with Crippen molar-refractivity contribution in [3.63, 3.8) is 0 Å². The van der Waals surface area contributed by atoms with Gasteiger partial charge in [0.25, 0.3) is 0 Å². The molecule has 0 radical (unpaired) electrons. The van der Waals surface area contributed by atoms with Gasteiger partial charge in [0, 0.05) is 6.54 Å². The van der Waals surface area contributed by atoms with E-state index in [1.54, 1.807) is 20.8 Å². The number of hydrogen-bond acceptors (Lipinski definition) is 3. The van der Waals surface area contributed by atoms with Crippen molar-refractivity contribution in [1.29, 1.82) is 0 Å². The Morgan fingerprint density at radius 1 is 1.64 bits per heavy atom. The first-order valence-corrected chi connectivity index (χ1v) is 3.70. The van der Waals surface area contributed by atoms with E-state index in [0.717, 1.165) is 0 Å². The molecule has 0 fully saturated rings. The van der Waals surface area contributed by atoms with Crippen LogP contribution in [0.4, 0.5) is 4.79 Å². The maximum Gasteiger partial charge on any atom is 0.407 e. The third-order valence-electron chi connectivity index (χ3n) is 1.29. The molecule has 0 aromatic carbocycles. The molecule has 1 amide bonds. The van der Waals surface area contributed by atoms with Crippen molar-refractivity contribution >= 4 is 6.09 Å². The van der Waals surface area contributed by atoms with Gasteiger partial charge in [-0.15, -0.1) is 0 Å². The summed E-state index contributed by atoms with van der Waals surface area (Å²) in [6.45, 7) is 5.55. The third-order valence-corrected chi connectivity index (χ3v) is 1.29. The molecule has 0 unspecified atom stereocenters. The van der Waals surface area contributed by atoms with Crippen LogP contribution in [0.1, 0.15) is 20.8 Å². The van der Waals surface area contributed by atoms with Gasteiger partial charge in [-0.1, -0.05) is 0 Å². The van der Waals surface area contributed by atoms with Gasteiger partial charge >= 0.3 is 6.09 Å². The molecule has 0 bridgehead atoms. The molecule has 0 aliphatic heterocycles.